The number of rotatable bonds is 14. The fourth-order valence-corrected chi connectivity index (χ4v) is 6.37. The van der Waals surface area contributed by atoms with Gasteiger partial charge in [-0.1, -0.05) is 68.2 Å². The van der Waals surface area contributed by atoms with Gasteiger partial charge < -0.3 is 19.7 Å². The zero-order valence-electron chi connectivity index (χ0n) is 24.8. The number of sulfonamides is 1. The maximum Gasteiger partial charge on any atom is 0.264 e. The lowest BCUT2D eigenvalue weighted by Crippen LogP contribution is -2.52. The lowest BCUT2D eigenvalue weighted by molar-refractivity contribution is -0.140. The molecule has 43 heavy (non-hydrogen) atoms. The molecule has 1 unspecified atom stereocenters. The number of hydrogen-bond acceptors (Lipinski definition) is 6. The molecule has 0 aliphatic carbocycles. The van der Waals surface area contributed by atoms with Crippen LogP contribution in [0.1, 0.15) is 32.8 Å². The predicted molar refractivity (Wildman–Crippen MR) is 169 cm³/mol. The molecule has 9 nitrogen and oxygen atoms in total. The van der Waals surface area contributed by atoms with Crippen molar-refractivity contribution >= 4 is 50.7 Å². The van der Waals surface area contributed by atoms with Crippen molar-refractivity contribution in [2.75, 3.05) is 31.6 Å². The van der Waals surface area contributed by atoms with E-state index >= 15 is 0 Å². The number of halogens is 2. The Bertz CT molecular complexity index is 1500. The summed E-state index contributed by atoms with van der Waals surface area (Å²) >= 11 is 13.0. The molecule has 0 bridgehead atoms. The number of benzene rings is 3. The van der Waals surface area contributed by atoms with Crippen LogP contribution < -0.4 is 19.1 Å². The van der Waals surface area contributed by atoms with Crippen LogP contribution in [0.3, 0.4) is 0 Å². The SMILES string of the molecule is CCC(C(=O)NCC(C)C)N(Cc1c(Cl)cccc1Cl)C(=O)CN(c1cc(OC)ccc1OC)S(=O)(=O)c1ccccc1. The van der Waals surface area contributed by atoms with Gasteiger partial charge in [-0.2, -0.15) is 0 Å². The Morgan fingerprint density at radius 2 is 1.58 bits per heavy atom. The van der Waals surface area contributed by atoms with Crippen LogP contribution in [0.15, 0.2) is 71.6 Å². The maximum atomic E-state index is 14.3. The van der Waals surface area contributed by atoms with Crippen LogP contribution >= 0.6 is 23.2 Å². The van der Waals surface area contributed by atoms with E-state index in [1.54, 1.807) is 55.5 Å². The fourth-order valence-electron chi connectivity index (χ4n) is 4.42. The van der Waals surface area contributed by atoms with Crippen molar-refractivity contribution in [1.82, 2.24) is 10.2 Å². The van der Waals surface area contributed by atoms with Gasteiger partial charge in [-0.3, -0.25) is 13.9 Å². The van der Waals surface area contributed by atoms with Gasteiger partial charge in [0.2, 0.25) is 11.8 Å². The lowest BCUT2D eigenvalue weighted by Gasteiger charge is -2.34. The van der Waals surface area contributed by atoms with E-state index in [1.807, 2.05) is 13.8 Å². The van der Waals surface area contributed by atoms with E-state index < -0.39 is 28.5 Å². The molecule has 0 radical (unpaired) electrons. The van der Waals surface area contributed by atoms with E-state index in [1.165, 1.54) is 37.3 Å². The average Bonchev–Trinajstić information content (AvgIpc) is 2.99. The Morgan fingerprint density at radius 3 is 2.14 bits per heavy atom. The lowest BCUT2D eigenvalue weighted by atomic mass is 10.1. The number of amides is 2. The number of methoxy groups -OCH3 is 2. The second-order valence-corrected chi connectivity index (χ2v) is 12.8. The Kier molecular flexibility index (Phi) is 12.1. The Labute approximate surface area is 263 Å². The predicted octanol–water partition coefficient (Wildman–Crippen LogP) is 5.79. The number of anilines is 1. The summed E-state index contributed by atoms with van der Waals surface area (Å²) in [7, 11) is -1.46. The highest BCUT2D eigenvalue weighted by Crippen LogP contribution is 2.36. The monoisotopic (exact) mass is 649 g/mol. The number of carbonyl (C=O) groups is 2. The van der Waals surface area contributed by atoms with Gasteiger partial charge in [-0.05, 0) is 48.7 Å². The average molecular weight is 651 g/mol. The van der Waals surface area contributed by atoms with E-state index in [0.29, 0.717) is 27.9 Å². The first-order chi connectivity index (χ1) is 20.4. The highest BCUT2D eigenvalue weighted by atomic mass is 35.5. The molecule has 3 aromatic carbocycles. The number of nitrogens with one attached hydrogen (secondary N) is 1. The molecule has 0 aromatic heterocycles. The van der Waals surface area contributed by atoms with Crippen LogP contribution in [0.5, 0.6) is 11.5 Å². The van der Waals surface area contributed by atoms with Crippen molar-refractivity contribution in [3.8, 4) is 11.5 Å². The van der Waals surface area contributed by atoms with Gasteiger partial charge in [0.1, 0.15) is 24.1 Å². The molecular weight excluding hydrogens is 613 g/mol. The third kappa shape index (κ3) is 8.34. The summed E-state index contributed by atoms with van der Waals surface area (Å²) in [5.41, 5.74) is 0.526. The van der Waals surface area contributed by atoms with Crippen molar-refractivity contribution in [2.45, 2.75) is 44.7 Å². The molecule has 3 aromatic rings. The van der Waals surface area contributed by atoms with Gasteiger partial charge in [-0.25, -0.2) is 8.42 Å². The number of hydrogen-bond donors (Lipinski definition) is 1. The molecule has 1 N–H and O–H groups in total. The van der Waals surface area contributed by atoms with Crippen LogP contribution in [-0.4, -0.2) is 58.5 Å². The Balaban J connectivity index is 2.16. The molecule has 2 amide bonds. The highest BCUT2D eigenvalue weighted by molar-refractivity contribution is 7.92. The minimum absolute atomic E-state index is 0.0323. The summed E-state index contributed by atoms with van der Waals surface area (Å²) < 4.78 is 40.1. The molecule has 0 aliphatic rings. The van der Waals surface area contributed by atoms with Crippen LogP contribution in [0, 0.1) is 5.92 Å². The standard InChI is InChI=1S/C31H37Cl2N3O6S/c1-6-27(31(38)34-18-21(2)3)35(19-24-25(32)13-10-14-26(24)33)30(37)20-36(43(39,40)23-11-8-7-9-12-23)28-17-22(41-4)15-16-29(28)42-5/h7-17,21,27H,6,18-20H2,1-5H3,(H,34,38). The van der Waals surface area contributed by atoms with Crippen LogP contribution in [0.4, 0.5) is 5.69 Å². The van der Waals surface area contributed by atoms with Crippen LogP contribution in [-0.2, 0) is 26.2 Å². The molecule has 3 rings (SSSR count). The molecule has 0 aliphatic heterocycles. The topological polar surface area (TPSA) is 105 Å². The molecule has 0 fully saturated rings. The summed E-state index contributed by atoms with van der Waals surface area (Å²) in [5.74, 6) is -0.280. The molecule has 0 heterocycles. The normalized spacial score (nSPS) is 12.0. The fraction of sp³-hybridized carbons (Fsp3) is 0.355. The maximum absolute atomic E-state index is 14.3. The Morgan fingerprint density at radius 1 is 0.930 bits per heavy atom. The molecule has 0 spiro atoms. The van der Waals surface area contributed by atoms with E-state index in [2.05, 4.69) is 5.32 Å². The summed E-state index contributed by atoms with van der Waals surface area (Å²) in [6, 6.07) is 16.4. The van der Waals surface area contributed by atoms with Crippen molar-refractivity contribution in [1.29, 1.82) is 0 Å². The smallest absolute Gasteiger partial charge is 0.264 e. The third-order valence-electron chi connectivity index (χ3n) is 6.73. The van der Waals surface area contributed by atoms with Crippen molar-refractivity contribution in [3.63, 3.8) is 0 Å². The zero-order chi connectivity index (χ0) is 31.7. The van der Waals surface area contributed by atoms with Crippen molar-refractivity contribution in [2.24, 2.45) is 5.92 Å². The Hall–Kier alpha value is -3.47. The van der Waals surface area contributed by atoms with Gasteiger partial charge >= 0.3 is 0 Å². The summed E-state index contributed by atoms with van der Waals surface area (Å²) in [6.07, 6.45) is 0.256. The van der Waals surface area contributed by atoms with E-state index in [0.717, 1.165) is 4.31 Å². The number of carbonyl (C=O) groups excluding carboxylic acids is 2. The van der Waals surface area contributed by atoms with Gasteiger partial charge in [-0.15, -0.1) is 0 Å². The minimum atomic E-state index is -4.31. The zero-order valence-corrected chi connectivity index (χ0v) is 27.2. The van der Waals surface area contributed by atoms with Gasteiger partial charge in [0.15, 0.2) is 0 Å². The summed E-state index contributed by atoms with van der Waals surface area (Å²) in [6.45, 7) is 5.32. The van der Waals surface area contributed by atoms with E-state index in [4.69, 9.17) is 32.7 Å². The largest absolute Gasteiger partial charge is 0.497 e. The molecular formula is C31H37Cl2N3O6S. The molecule has 1 atom stereocenters. The first-order valence-corrected chi connectivity index (χ1v) is 15.9. The second kappa shape index (κ2) is 15.3. The van der Waals surface area contributed by atoms with E-state index in [9.17, 15) is 18.0 Å². The van der Waals surface area contributed by atoms with Crippen LogP contribution in [0.25, 0.3) is 0 Å². The molecule has 0 saturated carbocycles. The first kappa shape index (κ1) is 34.0. The summed E-state index contributed by atoms with van der Waals surface area (Å²) in [4.78, 5) is 29.0. The van der Waals surface area contributed by atoms with E-state index in [-0.39, 0.29) is 41.1 Å². The third-order valence-corrected chi connectivity index (χ3v) is 9.21. The quantitative estimate of drug-likeness (QED) is 0.237. The van der Waals surface area contributed by atoms with Crippen molar-refractivity contribution in [3.05, 3.63) is 82.3 Å². The molecule has 232 valence electrons. The van der Waals surface area contributed by atoms with Crippen LogP contribution in [0.2, 0.25) is 10.0 Å². The summed E-state index contributed by atoms with van der Waals surface area (Å²) in [5, 5.41) is 3.51. The number of nitrogens with zero attached hydrogens (tertiary/aromatic N) is 2. The second-order valence-electron chi connectivity index (χ2n) is 10.1. The highest BCUT2D eigenvalue weighted by Gasteiger charge is 2.35. The number of ether oxygens (including phenoxy) is 2. The van der Waals surface area contributed by atoms with Gasteiger partial charge in [0.05, 0.1) is 24.8 Å². The molecule has 0 saturated heterocycles. The van der Waals surface area contributed by atoms with Gasteiger partial charge in [0, 0.05) is 34.8 Å². The minimum Gasteiger partial charge on any atom is -0.497 e. The van der Waals surface area contributed by atoms with Gasteiger partial charge in [0.25, 0.3) is 10.0 Å². The van der Waals surface area contributed by atoms with Crippen molar-refractivity contribution < 1.29 is 27.5 Å². The molecule has 12 heteroatoms. The first-order valence-electron chi connectivity index (χ1n) is 13.7.